The minimum absolute atomic E-state index is 0.458. The predicted molar refractivity (Wildman–Crippen MR) is 98.5 cm³/mol. The summed E-state index contributed by atoms with van der Waals surface area (Å²) in [4.78, 5) is 11.7. The van der Waals surface area contributed by atoms with Gasteiger partial charge in [0.15, 0.2) is 0 Å². The van der Waals surface area contributed by atoms with Gasteiger partial charge in [0.05, 0.1) is 5.52 Å². The normalized spacial score (nSPS) is 18.5. The Morgan fingerprint density at radius 1 is 1.08 bits per heavy atom. The Labute approximate surface area is 143 Å². The van der Waals surface area contributed by atoms with Crippen LogP contribution < -0.4 is 4.90 Å². The van der Waals surface area contributed by atoms with Crippen molar-refractivity contribution in [3.8, 4) is 0 Å². The van der Waals surface area contributed by atoms with Crippen LogP contribution in [-0.4, -0.2) is 27.6 Å². The summed E-state index contributed by atoms with van der Waals surface area (Å²) >= 11 is 0. The highest BCUT2D eigenvalue weighted by Gasteiger charge is 2.26. The maximum Gasteiger partial charge on any atom is 0.113 e. The molecule has 1 saturated heterocycles. The first-order chi connectivity index (χ1) is 11.7. The largest absolute Gasteiger partial charge is 0.370 e. The number of hydrogen-bond acceptors (Lipinski definition) is 3. The van der Waals surface area contributed by atoms with Crippen LogP contribution in [0.5, 0.6) is 0 Å². The number of fused-ring (bicyclic) bond motifs is 1. The van der Waals surface area contributed by atoms with Crippen molar-refractivity contribution in [2.45, 2.75) is 38.6 Å². The number of rotatable bonds is 3. The van der Waals surface area contributed by atoms with Crippen molar-refractivity contribution in [1.29, 1.82) is 0 Å². The number of pyridine rings is 1. The fraction of sp³-hybridized carbons (Fsp3) is 0.400. The second-order valence-electron chi connectivity index (χ2n) is 6.92. The van der Waals surface area contributed by atoms with E-state index in [0.717, 1.165) is 18.6 Å². The summed E-state index contributed by atoms with van der Waals surface area (Å²) in [6.07, 6.45) is 8.39. The van der Waals surface area contributed by atoms with E-state index in [1.54, 1.807) is 0 Å². The van der Waals surface area contributed by atoms with E-state index in [-0.39, 0.29) is 0 Å². The van der Waals surface area contributed by atoms with Gasteiger partial charge in [0.1, 0.15) is 5.82 Å². The minimum atomic E-state index is 0.458. The lowest BCUT2D eigenvalue weighted by Crippen LogP contribution is -2.35. The molecule has 4 nitrogen and oxygen atoms in total. The molecule has 1 aliphatic rings. The molecule has 0 spiro atoms. The first-order valence-electron chi connectivity index (χ1n) is 8.85. The van der Waals surface area contributed by atoms with Gasteiger partial charge in [0.25, 0.3) is 0 Å². The molecule has 0 aliphatic carbocycles. The van der Waals surface area contributed by atoms with Gasteiger partial charge in [-0.2, -0.15) is 0 Å². The number of para-hydroxylation sites is 1. The molecule has 0 amide bonds. The standard InChI is InChI=1S/C20H24N4/c1-15(2)24-13-11-22-20(24)16-6-5-12-23(14-16)19-9-10-21-18-8-4-3-7-17(18)19/h3-4,7-11,13,15-16H,5-6,12,14H2,1-2H3/t16-/m1/s1. The number of benzene rings is 1. The van der Waals surface area contributed by atoms with Gasteiger partial charge in [-0.05, 0) is 38.8 Å². The van der Waals surface area contributed by atoms with Crippen LogP contribution in [0.2, 0.25) is 0 Å². The van der Waals surface area contributed by atoms with Gasteiger partial charge in [-0.15, -0.1) is 0 Å². The summed E-state index contributed by atoms with van der Waals surface area (Å²) in [6, 6.07) is 11.0. The van der Waals surface area contributed by atoms with Crippen LogP contribution in [0, 0.1) is 0 Å². The second kappa shape index (κ2) is 6.27. The maximum absolute atomic E-state index is 4.68. The van der Waals surface area contributed by atoms with Crippen molar-refractivity contribution in [1.82, 2.24) is 14.5 Å². The second-order valence-corrected chi connectivity index (χ2v) is 6.92. The van der Waals surface area contributed by atoms with Crippen LogP contribution in [0.15, 0.2) is 48.9 Å². The van der Waals surface area contributed by atoms with Crippen molar-refractivity contribution in [2.24, 2.45) is 0 Å². The molecule has 1 aromatic carbocycles. The fourth-order valence-corrected chi connectivity index (χ4v) is 3.84. The number of imidazole rings is 1. The van der Waals surface area contributed by atoms with Gasteiger partial charge in [0, 0.05) is 54.7 Å². The summed E-state index contributed by atoms with van der Waals surface area (Å²) < 4.78 is 2.32. The molecular weight excluding hydrogens is 296 g/mol. The van der Waals surface area contributed by atoms with Gasteiger partial charge in [0.2, 0.25) is 0 Å². The average molecular weight is 320 g/mol. The third kappa shape index (κ3) is 2.66. The maximum atomic E-state index is 4.68. The van der Waals surface area contributed by atoms with E-state index in [2.05, 4.69) is 69.8 Å². The Morgan fingerprint density at radius 3 is 2.83 bits per heavy atom. The topological polar surface area (TPSA) is 34.0 Å². The number of nitrogens with zero attached hydrogens (tertiary/aromatic N) is 4. The van der Waals surface area contributed by atoms with E-state index in [1.807, 2.05) is 12.4 Å². The number of hydrogen-bond donors (Lipinski definition) is 0. The molecule has 0 saturated carbocycles. The van der Waals surface area contributed by atoms with Gasteiger partial charge in [-0.25, -0.2) is 4.98 Å². The molecule has 24 heavy (non-hydrogen) atoms. The molecule has 1 atom stereocenters. The van der Waals surface area contributed by atoms with Gasteiger partial charge < -0.3 is 9.47 Å². The van der Waals surface area contributed by atoms with Crippen LogP contribution in [0.4, 0.5) is 5.69 Å². The van der Waals surface area contributed by atoms with E-state index in [0.29, 0.717) is 12.0 Å². The zero-order chi connectivity index (χ0) is 16.5. The van der Waals surface area contributed by atoms with Crippen LogP contribution in [0.1, 0.15) is 44.5 Å². The van der Waals surface area contributed by atoms with Gasteiger partial charge in [-0.1, -0.05) is 18.2 Å². The molecule has 1 fully saturated rings. The summed E-state index contributed by atoms with van der Waals surface area (Å²) in [5, 5.41) is 1.24. The Morgan fingerprint density at radius 2 is 1.96 bits per heavy atom. The summed E-state index contributed by atoms with van der Waals surface area (Å²) in [6.45, 7) is 6.58. The molecule has 124 valence electrons. The molecule has 3 aromatic rings. The highest BCUT2D eigenvalue weighted by Crippen LogP contribution is 2.33. The van der Waals surface area contributed by atoms with E-state index in [1.165, 1.54) is 29.7 Å². The zero-order valence-corrected chi connectivity index (χ0v) is 14.4. The minimum Gasteiger partial charge on any atom is -0.370 e. The molecule has 0 N–H and O–H groups in total. The molecule has 2 aromatic heterocycles. The monoisotopic (exact) mass is 320 g/mol. The number of piperidine rings is 1. The average Bonchev–Trinajstić information content (AvgIpc) is 3.11. The fourth-order valence-electron chi connectivity index (χ4n) is 3.84. The van der Waals surface area contributed by atoms with Gasteiger partial charge >= 0.3 is 0 Å². The first kappa shape index (κ1) is 15.2. The molecule has 1 aliphatic heterocycles. The lowest BCUT2D eigenvalue weighted by atomic mass is 9.96. The van der Waals surface area contributed by atoms with Crippen LogP contribution in [0.3, 0.4) is 0 Å². The van der Waals surface area contributed by atoms with Crippen molar-refractivity contribution >= 4 is 16.6 Å². The van der Waals surface area contributed by atoms with E-state index >= 15 is 0 Å². The lowest BCUT2D eigenvalue weighted by molar-refractivity contribution is 0.455. The quantitative estimate of drug-likeness (QED) is 0.717. The van der Waals surface area contributed by atoms with Crippen LogP contribution in [0.25, 0.3) is 10.9 Å². The van der Waals surface area contributed by atoms with Crippen LogP contribution >= 0.6 is 0 Å². The van der Waals surface area contributed by atoms with Crippen molar-refractivity contribution < 1.29 is 0 Å². The zero-order valence-electron chi connectivity index (χ0n) is 14.4. The summed E-state index contributed by atoms with van der Waals surface area (Å²) in [5.41, 5.74) is 2.37. The Bertz CT molecular complexity index is 831. The van der Waals surface area contributed by atoms with Gasteiger partial charge in [-0.3, -0.25) is 4.98 Å². The lowest BCUT2D eigenvalue weighted by Gasteiger charge is -2.35. The van der Waals surface area contributed by atoms with Crippen LogP contribution in [-0.2, 0) is 0 Å². The molecule has 4 heteroatoms. The third-order valence-corrected chi connectivity index (χ3v) is 5.01. The smallest absolute Gasteiger partial charge is 0.113 e. The summed E-state index contributed by atoms with van der Waals surface area (Å²) in [5.74, 6) is 1.72. The van der Waals surface area contributed by atoms with E-state index in [4.69, 9.17) is 0 Å². The van der Waals surface area contributed by atoms with E-state index < -0.39 is 0 Å². The highest BCUT2D eigenvalue weighted by molar-refractivity contribution is 5.91. The number of anilines is 1. The summed E-state index contributed by atoms with van der Waals surface area (Å²) in [7, 11) is 0. The molecular formula is C20H24N4. The van der Waals surface area contributed by atoms with E-state index in [9.17, 15) is 0 Å². The van der Waals surface area contributed by atoms with Crippen molar-refractivity contribution in [2.75, 3.05) is 18.0 Å². The molecule has 3 heterocycles. The Kier molecular flexibility index (Phi) is 3.97. The number of aromatic nitrogens is 3. The highest BCUT2D eigenvalue weighted by atomic mass is 15.2. The molecule has 0 unspecified atom stereocenters. The SMILES string of the molecule is CC(C)n1ccnc1[C@@H]1CCCN(c2ccnc3ccccc23)C1. The first-order valence-corrected chi connectivity index (χ1v) is 8.85. The third-order valence-electron chi connectivity index (χ3n) is 5.01. The van der Waals surface area contributed by atoms with Crippen molar-refractivity contribution in [3.05, 3.63) is 54.7 Å². The molecule has 4 rings (SSSR count). The predicted octanol–water partition coefficient (Wildman–Crippen LogP) is 4.40. The van der Waals surface area contributed by atoms with Crippen molar-refractivity contribution in [3.63, 3.8) is 0 Å². The Hall–Kier alpha value is -2.36. The Balaban J connectivity index is 1.66. The molecule has 0 bridgehead atoms. The molecule has 0 radical (unpaired) electrons.